The van der Waals surface area contributed by atoms with Gasteiger partial charge < -0.3 is 10.1 Å². The minimum absolute atomic E-state index is 0.127. The molecule has 7 heteroatoms. The Bertz CT molecular complexity index is 1090. The zero-order valence-electron chi connectivity index (χ0n) is 15.8. The van der Waals surface area contributed by atoms with E-state index in [0.717, 1.165) is 0 Å². The smallest absolute Gasteiger partial charge is 0.334 e. The van der Waals surface area contributed by atoms with E-state index in [1.165, 1.54) is 10.1 Å². The second-order valence-corrected chi connectivity index (χ2v) is 6.79. The Hall–Kier alpha value is -3.32. The van der Waals surface area contributed by atoms with E-state index in [1.807, 2.05) is 18.2 Å². The maximum atomic E-state index is 12.5. The van der Waals surface area contributed by atoms with Gasteiger partial charge in [-0.05, 0) is 36.8 Å². The van der Waals surface area contributed by atoms with Crippen molar-refractivity contribution in [2.24, 2.45) is 0 Å². The number of nitrogens with zero attached hydrogens (tertiary/aromatic N) is 2. The SMILES string of the molecule is COc1ccc(-n2c3c(c(=O)[nH]c2=O)CN([C@@H](C)c2ccccc2)CN3)cc1. The summed E-state index contributed by atoms with van der Waals surface area (Å²) in [5.74, 6) is 1.24. The van der Waals surface area contributed by atoms with Crippen molar-refractivity contribution in [3.8, 4) is 11.4 Å². The Morgan fingerprint density at radius 2 is 1.75 bits per heavy atom. The van der Waals surface area contributed by atoms with E-state index < -0.39 is 5.69 Å². The number of hydrogen-bond acceptors (Lipinski definition) is 5. The predicted molar refractivity (Wildman–Crippen MR) is 108 cm³/mol. The molecule has 1 aliphatic rings. The summed E-state index contributed by atoms with van der Waals surface area (Å²) in [6, 6.07) is 17.4. The van der Waals surface area contributed by atoms with Crippen molar-refractivity contribution in [2.75, 3.05) is 19.1 Å². The van der Waals surface area contributed by atoms with Crippen LogP contribution in [0.25, 0.3) is 5.69 Å². The van der Waals surface area contributed by atoms with Crippen molar-refractivity contribution >= 4 is 5.82 Å². The van der Waals surface area contributed by atoms with Crippen LogP contribution in [0.3, 0.4) is 0 Å². The van der Waals surface area contributed by atoms with E-state index >= 15 is 0 Å². The summed E-state index contributed by atoms with van der Waals surface area (Å²) in [7, 11) is 1.59. The minimum Gasteiger partial charge on any atom is -0.497 e. The predicted octanol–water partition coefficient (Wildman–Crippen LogP) is 2.48. The summed E-state index contributed by atoms with van der Waals surface area (Å²) in [6.07, 6.45) is 0. The lowest BCUT2D eigenvalue weighted by atomic mass is 10.1. The fraction of sp³-hybridized carbons (Fsp3) is 0.238. The highest BCUT2D eigenvalue weighted by molar-refractivity contribution is 5.52. The van der Waals surface area contributed by atoms with Crippen LogP contribution in [0.1, 0.15) is 24.1 Å². The van der Waals surface area contributed by atoms with Gasteiger partial charge in [-0.2, -0.15) is 0 Å². The monoisotopic (exact) mass is 378 g/mol. The highest BCUT2D eigenvalue weighted by atomic mass is 16.5. The van der Waals surface area contributed by atoms with E-state index in [2.05, 4.69) is 34.3 Å². The number of aromatic nitrogens is 2. The van der Waals surface area contributed by atoms with E-state index in [9.17, 15) is 9.59 Å². The number of rotatable bonds is 4. The molecule has 2 aromatic carbocycles. The average molecular weight is 378 g/mol. The molecular formula is C21H22N4O3. The van der Waals surface area contributed by atoms with E-state index in [4.69, 9.17) is 4.74 Å². The van der Waals surface area contributed by atoms with Crippen LogP contribution >= 0.6 is 0 Å². The highest BCUT2D eigenvalue weighted by Gasteiger charge is 2.26. The Labute approximate surface area is 162 Å². The molecule has 144 valence electrons. The summed E-state index contributed by atoms with van der Waals surface area (Å²) in [6.45, 7) is 3.09. The van der Waals surface area contributed by atoms with Crippen LogP contribution in [0.2, 0.25) is 0 Å². The lowest BCUT2D eigenvalue weighted by Crippen LogP contribution is -2.43. The summed E-state index contributed by atoms with van der Waals surface area (Å²) in [5, 5.41) is 3.28. The Kier molecular flexibility index (Phi) is 4.75. The van der Waals surface area contributed by atoms with Crippen LogP contribution < -0.4 is 21.3 Å². The van der Waals surface area contributed by atoms with Crippen molar-refractivity contribution < 1.29 is 4.74 Å². The Balaban J connectivity index is 1.72. The molecule has 0 saturated heterocycles. The summed E-state index contributed by atoms with van der Waals surface area (Å²) in [4.78, 5) is 29.7. The number of benzene rings is 2. The molecule has 0 saturated carbocycles. The maximum absolute atomic E-state index is 12.5. The summed E-state index contributed by atoms with van der Waals surface area (Å²) >= 11 is 0. The van der Waals surface area contributed by atoms with E-state index in [1.54, 1.807) is 31.4 Å². The molecule has 0 bridgehead atoms. The van der Waals surface area contributed by atoms with E-state index in [0.29, 0.717) is 36.0 Å². The van der Waals surface area contributed by atoms with E-state index in [-0.39, 0.29) is 11.6 Å². The summed E-state index contributed by atoms with van der Waals surface area (Å²) < 4.78 is 6.68. The van der Waals surface area contributed by atoms with Crippen LogP contribution in [-0.4, -0.2) is 28.2 Å². The first-order valence-electron chi connectivity index (χ1n) is 9.14. The molecule has 0 amide bonds. The fourth-order valence-electron chi connectivity index (χ4n) is 3.53. The van der Waals surface area contributed by atoms with Crippen LogP contribution in [0, 0.1) is 0 Å². The Morgan fingerprint density at radius 1 is 1.04 bits per heavy atom. The third-order valence-corrected chi connectivity index (χ3v) is 5.18. The third kappa shape index (κ3) is 3.20. The molecule has 0 aliphatic carbocycles. The van der Waals surface area contributed by atoms with Gasteiger partial charge in [-0.1, -0.05) is 30.3 Å². The molecule has 4 rings (SSSR count). The van der Waals surface area contributed by atoms with Gasteiger partial charge in [0.25, 0.3) is 5.56 Å². The number of anilines is 1. The molecule has 3 aromatic rings. The largest absolute Gasteiger partial charge is 0.497 e. The molecule has 7 nitrogen and oxygen atoms in total. The number of ether oxygens (including phenoxy) is 1. The van der Waals surface area contributed by atoms with Gasteiger partial charge in [-0.25, -0.2) is 9.36 Å². The van der Waals surface area contributed by atoms with Crippen LogP contribution in [-0.2, 0) is 6.54 Å². The maximum Gasteiger partial charge on any atom is 0.334 e. The first-order valence-corrected chi connectivity index (χ1v) is 9.14. The molecule has 0 fully saturated rings. The van der Waals surface area contributed by atoms with Crippen LogP contribution in [0.5, 0.6) is 5.75 Å². The molecule has 1 atom stereocenters. The second-order valence-electron chi connectivity index (χ2n) is 6.79. The van der Waals surface area contributed by atoms with Gasteiger partial charge in [0.05, 0.1) is 25.0 Å². The molecule has 0 radical (unpaired) electrons. The van der Waals surface area contributed by atoms with Gasteiger partial charge >= 0.3 is 5.69 Å². The normalized spacial score (nSPS) is 14.8. The van der Waals surface area contributed by atoms with Crippen LogP contribution in [0.15, 0.2) is 64.2 Å². The number of aromatic amines is 1. The quantitative estimate of drug-likeness (QED) is 0.729. The number of fused-ring (bicyclic) bond motifs is 1. The number of methoxy groups -OCH3 is 1. The molecular weight excluding hydrogens is 356 g/mol. The first-order chi connectivity index (χ1) is 13.6. The van der Waals surface area contributed by atoms with Crippen molar-refractivity contribution in [1.29, 1.82) is 0 Å². The minimum atomic E-state index is -0.467. The molecule has 0 unspecified atom stereocenters. The van der Waals surface area contributed by atoms with Crippen LogP contribution in [0.4, 0.5) is 5.82 Å². The highest BCUT2D eigenvalue weighted by Crippen LogP contribution is 2.28. The molecule has 2 heterocycles. The lowest BCUT2D eigenvalue weighted by Gasteiger charge is -2.35. The average Bonchev–Trinajstić information content (AvgIpc) is 2.74. The zero-order chi connectivity index (χ0) is 19.7. The number of nitrogens with one attached hydrogen (secondary N) is 2. The molecule has 1 aromatic heterocycles. The van der Waals surface area contributed by atoms with Gasteiger partial charge in [0.2, 0.25) is 0 Å². The zero-order valence-corrected chi connectivity index (χ0v) is 15.8. The molecule has 0 spiro atoms. The van der Waals surface area contributed by atoms with Gasteiger partial charge in [0, 0.05) is 12.6 Å². The molecule has 28 heavy (non-hydrogen) atoms. The molecule has 2 N–H and O–H groups in total. The van der Waals surface area contributed by atoms with Gasteiger partial charge in [0.1, 0.15) is 11.6 Å². The second kappa shape index (κ2) is 7.36. The summed E-state index contributed by atoms with van der Waals surface area (Å²) in [5.41, 5.74) is 1.56. The topological polar surface area (TPSA) is 79.4 Å². The third-order valence-electron chi connectivity index (χ3n) is 5.18. The fourth-order valence-corrected chi connectivity index (χ4v) is 3.53. The number of hydrogen-bond donors (Lipinski definition) is 2. The molecule has 1 aliphatic heterocycles. The lowest BCUT2D eigenvalue weighted by molar-refractivity contribution is 0.207. The van der Waals surface area contributed by atoms with Crippen molar-refractivity contribution in [3.63, 3.8) is 0 Å². The number of H-pyrrole nitrogens is 1. The van der Waals surface area contributed by atoms with Gasteiger partial charge in [-0.3, -0.25) is 14.7 Å². The first kappa shape index (κ1) is 18.1. The standard InChI is InChI=1S/C21H22N4O3/c1-14(15-6-4-3-5-7-15)24-12-18-19(22-13-24)25(21(27)23-20(18)26)16-8-10-17(28-2)11-9-16/h3-11,14,22H,12-13H2,1-2H3,(H,23,26,27)/t14-/m0/s1. The van der Waals surface area contributed by atoms with Crippen molar-refractivity contribution in [2.45, 2.75) is 19.5 Å². The van der Waals surface area contributed by atoms with Crippen molar-refractivity contribution in [1.82, 2.24) is 14.5 Å². The van der Waals surface area contributed by atoms with Gasteiger partial charge in [-0.15, -0.1) is 0 Å². The Morgan fingerprint density at radius 3 is 2.43 bits per heavy atom. The van der Waals surface area contributed by atoms with Crippen molar-refractivity contribution in [3.05, 3.63) is 86.6 Å². The van der Waals surface area contributed by atoms with Gasteiger partial charge in [0.15, 0.2) is 0 Å².